The van der Waals surface area contributed by atoms with Crippen molar-refractivity contribution in [3.05, 3.63) is 93.7 Å². The van der Waals surface area contributed by atoms with Crippen LogP contribution in [0.2, 0.25) is 10.0 Å². The molecule has 0 unspecified atom stereocenters. The lowest BCUT2D eigenvalue weighted by molar-refractivity contribution is -0.111. The minimum Gasteiger partial charge on any atom is -0.490 e. The third-order valence-electron chi connectivity index (χ3n) is 12.7. The Hall–Kier alpha value is -6.07. The Morgan fingerprint density at radius 2 is 1.08 bits per heavy atom. The number of nitrogens with one attached hydrogen (secondary N) is 2. The van der Waals surface area contributed by atoms with E-state index in [9.17, 15) is 19.5 Å². The number of carbonyl (C=O) groups excluding carboxylic acids is 3. The molecule has 16 nitrogen and oxygen atoms in total. The molecule has 4 aliphatic rings. The highest BCUT2D eigenvalue weighted by molar-refractivity contribution is 6.32. The Morgan fingerprint density at radius 3 is 1.42 bits per heavy atom. The highest BCUT2D eigenvalue weighted by atomic mass is 35.5. The average Bonchev–Trinajstić information content (AvgIpc) is 3.35. The Kier molecular flexibility index (Phi) is 17.0. The highest BCUT2D eigenvalue weighted by Gasteiger charge is 2.27. The third kappa shape index (κ3) is 13.1. The number of amides is 2. The zero-order valence-corrected chi connectivity index (χ0v) is 38.2. The van der Waals surface area contributed by atoms with Crippen LogP contribution in [0.4, 0.5) is 11.6 Å². The Balaban J connectivity index is 0.000000196. The van der Waals surface area contributed by atoms with Crippen LogP contribution in [0.1, 0.15) is 109 Å². The summed E-state index contributed by atoms with van der Waals surface area (Å²) in [5.74, 6) is 2.86. The Morgan fingerprint density at radius 1 is 0.652 bits per heavy atom. The lowest BCUT2D eigenvalue weighted by atomic mass is 9.93. The number of piperidine rings is 2. The first-order valence-corrected chi connectivity index (χ1v) is 23.4. The molecular weight excluding hydrogens is 883 g/mol. The second-order valence-electron chi connectivity index (χ2n) is 17.2. The molecule has 4 heterocycles. The number of nitrogens with zero attached hydrogens (tertiary/aromatic N) is 8. The summed E-state index contributed by atoms with van der Waals surface area (Å²) in [6.45, 7) is 3.44. The van der Waals surface area contributed by atoms with Gasteiger partial charge in [-0.3, -0.25) is 9.59 Å². The lowest BCUT2D eigenvalue weighted by Gasteiger charge is -2.31. The standard InChI is InChI=1S/C24H28ClN5O3.C24H26ClN5O3/c2*25-21-11-20(4-1-17(21)12-26)33-19-5-2-18(3-6-19)29-24(32)22-13-28-23(14-27-22)30-9-7-16(15-31)8-10-30/h1,4,11,13-14,16,18-19,31H,2-3,5-10,15H2,(H,29,32);1,4,11,13-16,18-19H,2-3,5-10H2,(H,29,32). The van der Waals surface area contributed by atoms with E-state index in [1.807, 2.05) is 12.1 Å². The number of anilines is 2. The molecule has 4 aromatic rings. The van der Waals surface area contributed by atoms with E-state index in [4.69, 9.17) is 43.2 Å². The van der Waals surface area contributed by atoms with Gasteiger partial charge in [0.05, 0.1) is 58.2 Å². The number of hydrogen-bond donors (Lipinski definition) is 3. The number of aliphatic hydroxyl groups excluding tert-OH is 1. The van der Waals surface area contributed by atoms with Gasteiger partial charge in [0.25, 0.3) is 11.8 Å². The molecule has 0 bridgehead atoms. The first-order chi connectivity index (χ1) is 32.1. The zero-order valence-electron chi connectivity index (χ0n) is 36.7. The largest absolute Gasteiger partial charge is 0.490 e. The molecule has 4 fully saturated rings. The number of aldehydes is 1. The predicted molar refractivity (Wildman–Crippen MR) is 248 cm³/mol. The van der Waals surface area contributed by atoms with E-state index in [1.54, 1.807) is 48.8 Å². The number of rotatable bonds is 12. The van der Waals surface area contributed by atoms with Crippen molar-refractivity contribution >= 4 is 52.9 Å². The zero-order chi connectivity index (χ0) is 46.4. The molecule has 346 valence electrons. The summed E-state index contributed by atoms with van der Waals surface area (Å²) in [6.07, 6.45) is 17.4. The lowest BCUT2D eigenvalue weighted by Crippen LogP contribution is -2.40. The van der Waals surface area contributed by atoms with Gasteiger partial charge in [0, 0.05) is 62.9 Å². The Bertz CT molecular complexity index is 2350. The van der Waals surface area contributed by atoms with Crippen LogP contribution in [-0.4, -0.2) is 100 Å². The van der Waals surface area contributed by atoms with Crippen LogP contribution in [0.25, 0.3) is 0 Å². The van der Waals surface area contributed by atoms with Crippen LogP contribution < -0.4 is 29.9 Å². The number of aliphatic hydroxyl groups is 1. The van der Waals surface area contributed by atoms with Gasteiger partial charge in [-0.15, -0.1) is 0 Å². The molecule has 0 radical (unpaired) electrons. The smallest absolute Gasteiger partial charge is 0.271 e. The molecule has 66 heavy (non-hydrogen) atoms. The van der Waals surface area contributed by atoms with E-state index in [0.29, 0.717) is 50.0 Å². The minimum absolute atomic E-state index is 0.0459. The first kappa shape index (κ1) is 47.9. The average molecular weight is 938 g/mol. The third-order valence-corrected chi connectivity index (χ3v) is 13.4. The van der Waals surface area contributed by atoms with Crippen LogP contribution in [0.3, 0.4) is 0 Å². The highest BCUT2D eigenvalue weighted by Crippen LogP contribution is 2.30. The van der Waals surface area contributed by atoms with Crippen molar-refractivity contribution in [3.63, 3.8) is 0 Å². The number of hydrogen-bond acceptors (Lipinski definition) is 14. The second-order valence-corrected chi connectivity index (χ2v) is 18.0. The van der Waals surface area contributed by atoms with Crippen LogP contribution in [-0.2, 0) is 4.79 Å². The van der Waals surface area contributed by atoms with Crippen molar-refractivity contribution in [2.45, 2.75) is 101 Å². The van der Waals surface area contributed by atoms with E-state index in [-0.39, 0.29) is 48.6 Å². The fourth-order valence-electron chi connectivity index (χ4n) is 8.69. The molecule has 2 aromatic heterocycles. The fraction of sp³-hybridized carbons (Fsp3) is 0.479. The number of ether oxygens (including phenoxy) is 2. The van der Waals surface area contributed by atoms with Crippen LogP contribution >= 0.6 is 23.2 Å². The van der Waals surface area contributed by atoms with Crippen molar-refractivity contribution in [1.29, 1.82) is 10.5 Å². The number of nitriles is 2. The molecule has 8 rings (SSSR count). The molecule has 2 aliphatic heterocycles. The topological polar surface area (TPSA) is 220 Å². The number of carbonyl (C=O) groups is 3. The first-order valence-electron chi connectivity index (χ1n) is 22.7. The van der Waals surface area contributed by atoms with Crippen molar-refractivity contribution < 1.29 is 29.0 Å². The summed E-state index contributed by atoms with van der Waals surface area (Å²) < 4.78 is 12.0. The van der Waals surface area contributed by atoms with Crippen molar-refractivity contribution in [3.8, 4) is 23.6 Å². The molecule has 3 N–H and O–H groups in total. The van der Waals surface area contributed by atoms with Crippen LogP contribution in [0.5, 0.6) is 11.5 Å². The Labute approximate surface area is 394 Å². The van der Waals surface area contributed by atoms with Crippen molar-refractivity contribution in [1.82, 2.24) is 30.6 Å². The van der Waals surface area contributed by atoms with Gasteiger partial charge in [-0.2, -0.15) is 10.5 Å². The monoisotopic (exact) mass is 936 g/mol. The van der Waals surface area contributed by atoms with Gasteiger partial charge in [0.1, 0.15) is 52.9 Å². The molecule has 0 spiro atoms. The van der Waals surface area contributed by atoms with Crippen molar-refractivity contribution in [2.75, 3.05) is 42.6 Å². The number of halogens is 2. The van der Waals surface area contributed by atoms with Crippen LogP contribution in [0.15, 0.2) is 61.2 Å². The van der Waals surface area contributed by atoms with Crippen molar-refractivity contribution in [2.24, 2.45) is 11.8 Å². The van der Waals surface area contributed by atoms with E-state index < -0.39 is 0 Å². The van der Waals surface area contributed by atoms with E-state index in [2.05, 4.69) is 40.4 Å². The molecule has 2 aliphatic carbocycles. The number of benzene rings is 2. The molecule has 2 amide bonds. The summed E-state index contributed by atoms with van der Waals surface area (Å²) in [5, 5.41) is 34.1. The molecule has 2 aromatic carbocycles. The normalized spacial score (nSPS) is 21.2. The van der Waals surface area contributed by atoms with Gasteiger partial charge in [0.2, 0.25) is 0 Å². The molecule has 0 atom stereocenters. The summed E-state index contributed by atoms with van der Waals surface area (Å²) in [4.78, 5) is 57.9. The predicted octanol–water partition coefficient (Wildman–Crippen LogP) is 6.87. The van der Waals surface area contributed by atoms with E-state index >= 15 is 0 Å². The van der Waals surface area contributed by atoms with E-state index in [0.717, 1.165) is 121 Å². The van der Waals surface area contributed by atoms with Gasteiger partial charge in [-0.25, -0.2) is 19.9 Å². The van der Waals surface area contributed by atoms with E-state index in [1.165, 1.54) is 12.4 Å². The van der Waals surface area contributed by atoms with Gasteiger partial charge in [-0.05, 0) is 107 Å². The maximum Gasteiger partial charge on any atom is 0.271 e. The summed E-state index contributed by atoms with van der Waals surface area (Å²) in [6, 6.07) is 14.4. The summed E-state index contributed by atoms with van der Waals surface area (Å²) in [7, 11) is 0. The maximum atomic E-state index is 12.6. The summed E-state index contributed by atoms with van der Waals surface area (Å²) >= 11 is 12.2. The molecule has 2 saturated carbocycles. The van der Waals surface area contributed by atoms with Gasteiger partial charge >= 0.3 is 0 Å². The molecule has 18 heteroatoms. The van der Waals surface area contributed by atoms with Gasteiger partial charge < -0.3 is 39.8 Å². The van der Waals surface area contributed by atoms with Gasteiger partial charge in [0.15, 0.2) is 0 Å². The second kappa shape index (κ2) is 23.4. The SMILES string of the molecule is N#Cc1ccc(OC2CCC(NC(=O)c3cnc(N4CCC(C=O)CC4)cn3)CC2)cc1Cl.N#Cc1ccc(OC2CCC(NC(=O)c3cnc(N4CCC(CO)CC4)cn3)CC2)cc1Cl. The molecule has 2 saturated heterocycles. The summed E-state index contributed by atoms with van der Waals surface area (Å²) in [5.41, 5.74) is 1.47. The fourth-order valence-corrected chi connectivity index (χ4v) is 9.11. The number of aromatic nitrogens is 4. The maximum absolute atomic E-state index is 12.6. The van der Waals surface area contributed by atoms with Gasteiger partial charge in [-0.1, -0.05) is 23.2 Å². The van der Waals surface area contributed by atoms with Crippen LogP contribution in [0, 0.1) is 34.5 Å². The minimum atomic E-state index is -0.225. The quantitative estimate of drug-likeness (QED) is 0.124. The molecular formula is C48H54Cl2N10O6.